The van der Waals surface area contributed by atoms with Crippen molar-refractivity contribution >= 4 is 63.2 Å². The monoisotopic (exact) mass is 391 g/mol. The van der Waals surface area contributed by atoms with Crippen LogP contribution in [0.4, 0.5) is 5.69 Å². The maximum atomic E-state index is 12.5. The van der Waals surface area contributed by atoms with Gasteiger partial charge in [0.15, 0.2) is 4.32 Å². The lowest BCUT2D eigenvalue weighted by Crippen LogP contribution is -2.44. The smallest absolute Gasteiger partial charge is 0.266 e. The summed E-state index contributed by atoms with van der Waals surface area (Å²) >= 11 is 7.33. The largest absolute Gasteiger partial charge is 0.285 e. The molecule has 0 atom stereocenters. The third kappa shape index (κ3) is 3.60. The Morgan fingerprint density at radius 1 is 1.28 bits per heavy atom. The van der Waals surface area contributed by atoms with Crippen LogP contribution in [0.1, 0.15) is 15.2 Å². The van der Waals surface area contributed by atoms with E-state index < -0.39 is 16.7 Å². The van der Waals surface area contributed by atoms with Gasteiger partial charge in [-0.3, -0.25) is 25.1 Å². The lowest BCUT2D eigenvalue weighted by molar-refractivity contribution is -0.385. The fraction of sp³-hybridized carbons (Fsp3) is 0. The Bertz CT molecular complexity index is 909. The van der Waals surface area contributed by atoms with Gasteiger partial charge in [0.1, 0.15) is 0 Å². The first kappa shape index (κ1) is 17.3. The second-order valence-electron chi connectivity index (χ2n) is 4.75. The van der Waals surface area contributed by atoms with Gasteiger partial charge in [-0.25, -0.2) is 0 Å². The summed E-state index contributed by atoms with van der Waals surface area (Å²) in [5.41, 5.74) is 2.63. The molecule has 2 aromatic rings. The van der Waals surface area contributed by atoms with Gasteiger partial charge >= 0.3 is 0 Å². The Hall–Kier alpha value is -2.56. The second kappa shape index (κ2) is 7.13. The van der Waals surface area contributed by atoms with Crippen molar-refractivity contribution in [1.82, 2.24) is 10.4 Å². The van der Waals surface area contributed by atoms with E-state index in [1.165, 1.54) is 29.5 Å². The van der Waals surface area contributed by atoms with E-state index in [0.29, 0.717) is 4.88 Å². The first-order valence-corrected chi connectivity index (χ1v) is 8.93. The molecule has 1 aromatic heterocycles. The van der Waals surface area contributed by atoms with Crippen LogP contribution >= 0.6 is 35.3 Å². The average molecular weight is 391 g/mol. The average Bonchev–Trinajstić information content (AvgIpc) is 3.20. The molecule has 10 heteroatoms. The van der Waals surface area contributed by atoms with E-state index in [4.69, 9.17) is 12.2 Å². The molecule has 0 bridgehead atoms. The summed E-state index contributed by atoms with van der Waals surface area (Å²) < 4.78 is 0.153. The standard InChI is InChI=1S/C15H9N3O4S3/c19-13(11-6-3-7-24-11)16-17-14(20)12(25-15(17)23)8-9-4-1-2-5-10(9)18(21)22/h1-8H,(H,16,19)/b12-8+. The molecule has 1 fully saturated rings. The highest BCUT2D eigenvalue weighted by Gasteiger charge is 2.34. The number of carbonyl (C=O) groups excluding carboxylic acids is 2. The van der Waals surface area contributed by atoms with E-state index in [-0.39, 0.29) is 20.5 Å². The minimum Gasteiger partial charge on any atom is -0.266 e. The summed E-state index contributed by atoms with van der Waals surface area (Å²) in [4.78, 5) is 35.8. The van der Waals surface area contributed by atoms with Gasteiger partial charge in [-0.05, 0) is 35.8 Å². The highest BCUT2D eigenvalue weighted by atomic mass is 32.2. The van der Waals surface area contributed by atoms with Crippen LogP contribution in [0.2, 0.25) is 0 Å². The number of hydrogen-bond donors (Lipinski definition) is 1. The van der Waals surface area contributed by atoms with Gasteiger partial charge in [0.25, 0.3) is 17.5 Å². The predicted molar refractivity (Wildman–Crippen MR) is 99.9 cm³/mol. The maximum Gasteiger partial charge on any atom is 0.285 e. The van der Waals surface area contributed by atoms with Crippen molar-refractivity contribution in [3.8, 4) is 0 Å². The van der Waals surface area contributed by atoms with Crippen molar-refractivity contribution < 1.29 is 14.5 Å². The molecule has 7 nitrogen and oxygen atoms in total. The molecule has 1 aliphatic heterocycles. The van der Waals surface area contributed by atoms with Gasteiger partial charge in [0, 0.05) is 6.07 Å². The van der Waals surface area contributed by atoms with Crippen LogP contribution in [-0.4, -0.2) is 26.1 Å². The third-order valence-electron chi connectivity index (χ3n) is 3.17. The normalized spacial score (nSPS) is 15.7. The topological polar surface area (TPSA) is 92.6 Å². The highest BCUT2D eigenvalue weighted by molar-refractivity contribution is 8.26. The van der Waals surface area contributed by atoms with Crippen LogP contribution in [0.5, 0.6) is 0 Å². The van der Waals surface area contributed by atoms with Gasteiger partial charge in [0.2, 0.25) is 0 Å². The number of carbonyl (C=O) groups is 2. The molecular weight excluding hydrogens is 382 g/mol. The molecule has 1 saturated heterocycles. The molecule has 0 unspecified atom stereocenters. The predicted octanol–water partition coefficient (Wildman–Crippen LogP) is 3.20. The summed E-state index contributed by atoms with van der Waals surface area (Å²) in [7, 11) is 0. The number of nitrogens with one attached hydrogen (secondary N) is 1. The van der Waals surface area contributed by atoms with E-state index in [0.717, 1.165) is 16.8 Å². The number of nitro benzene ring substituents is 1. The summed E-state index contributed by atoms with van der Waals surface area (Å²) in [5, 5.41) is 13.8. The number of para-hydroxylation sites is 1. The molecule has 2 heterocycles. The van der Waals surface area contributed by atoms with Gasteiger partial charge < -0.3 is 0 Å². The molecule has 126 valence electrons. The molecule has 0 radical (unpaired) electrons. The maximum absolute atomic E-state index is 12.5. The van der Waals surface area contributed by atoms with E-state index >= 15 is 0 Å². The molecule has 3 rings (SSSR count). The number of thioether (sulfide) groups is 1. The van der Waals surface area contributed by atoms with E-state index in [9.17, 15) is 19.7 Å². The second-order valence-corrected chi connectivity index (χ2v) is 7.37. The van der Waals surface area contributed by atoms with E-state index in [1.807, 2.05) is 0 Å². The number of rotatable bonds is 4. The zero-order chi connectivity index (χ0) is 18.0. The van der Waals surface area contributed by atoms with E-state index in [2.05, 4.69) is 5.43 Å². The van der Waals surface area contributed by atoms with Gasteiger partial charge in [0.05, 0.1) is 20.3 Å². The number of benzene rings is 1. The zero-order valence-corrected chi connectivity index (χ0v) is 14.8. The first-order valence-electron chi connectivity index (χ1n) is 6.83. The Balaban J connectivity index is 1.84. The Morgan fingerprint density at radius 3 is 2.72 bits per heavy atom. The van der Waals surface area contributed by atoms with Crippen molar-refractivity contribution in [2.24, 2.45) is 0 Å². The first-order chi connectivity index (χ1) is 12.0. The molecule has 0 aliphatic carbocycles. The number of nitro groups is 1. The zero-order valence-electron chi connectivity index (χ0n) is 12.4. The Morgan fingerprint density at radius 2 is 2.04 bits per heavy atom. The summed E-state index contributed by atoms with van der Waals surface area (Å²) in [6, 6.07) is 9.42. The van der Waals surface area contributed by atoms with Crippen molar-refractivity contribution in [1.29, 1.82) is 0 Å². The van der Waals surface area contributed by atoms with Crippen LogP contribution in [0, 0.1) is 10.1 Å². The molecule has 0 saturated carbocycles. The fourth-order valence-electron chi connectivity index (χ4n) is 2.05. The quantitative estimate of drug-likeness (QED) is 0.372. The summed E-state index contributed by atoms with van der Waals surface area (Å²) in [5.74, 6) is -0.976. The van der Waals surface area contributed by atoms with Crippen molar-refractivity contribution in [3.63, 3.8) is 0 Å². The number of nitrogens with zero attached hydrogens (tertiary/aromatic N) is 2. The van der Waals surface area contributed by atoms with Crippen molar-refractivity contribution in [2.75, 3.05) is 0 Å². The summed E-state index contributed by atoms with van der Waals surface area (Å²) in [6.45, 7) is 0. The lowest BCUT2D eigenvalue weighted by Gasteiger charge is -2.14. The Labute approximate surface area is 155 Å². The number of amides is 2. The number of hydrazine groups is 1. The molecule has 0 spiro atoms. The van der Waals surface area contributed by atoms with Crippen LogP contribution < -0.4 is 5.43 Å². The SMILES string of the molecule is O=C(NN1C(=O)/C(=C\c2ccccc2[N+](=O)[O-])SC1=S)c1cccs1. The molecule has 1 aromatic carbocycles. The van der Waals surface area contributed by atoms with Crippen molar-refractivity contribution in [2.45, 2.75) is 0 Å². The van der Waals surface area contributed by atoms with Gasteiger partial charge in [-0.1, -0.05) is 30.0 Å². The lowest BCUT2D eigenvalue weighted by atomic mass is 10.1. The molecule has 25 heavy (non-hydrogen) atoms. The Kier molecular flexibility index (Phi) is 4.93. The number of thiophene rings is 1. The minimum atomic E-state index is -0.530. The van der Waals surface area contributed by atoms with E-state index in [1.54, 1.807) is 29.6 Å². The molecular formula is C15H9N3O4S3. The van der Waals surface area contributed by atoms with Crippen LogP contribution in [0.25, 0.3) is 6.08 Å². The summed E-state index contributed by atoms with van der Waals surface area (Å²) in [6.07, 6.45) is 1.40. The number of thiocarbonyl (C=S) groups is 1. The highest BCUT2D eigenvalue weighted by Crippen LogP contribution is 2.33. The fourth-order valence-corrected chi connectivity index (χ4v) is 3.83. The number of hydrogen-bond acceptors (Lipinski definition) is 7. The third-order valence-corrected chi connectivity index (χ3v) is 5.34. The van der Waals surface area contributed by atoms with Crippen LogP contribution in [0.15, 0.2) is 46.7 Å². The van der Waals surface area contributed by atoms with Gasteiger partial charge in [-0.2, -0.15) is 5.01 Å². The molecule has 2 amide bonds. The van der Waals surface area contributed by atoms with Crippen LogP contribution in [0.3, 0.4) is 0 Å². The van der Waals surface area contributed by atoms with Crippen molar-refractivity contribution in [3.05, 3.63) is 67.2 Å². The van der Waals surface area contributed by atoms with Crippen LogP contribution in [-0.2, 0) is 4.79 Å². The van der Waals surface area contributed by atoms with Gasteiger partial charge in [-0.15, -0.1) is 11.3 Å². The molecule has 1 N–H and O–H groups in total. The molecule has 1 aliphatic rings. The minimum absolute atomic E-state index is 0.115.